The van der Waals surface area contributed by atoms with Crippen molar-refractivity contribution in [2.24, 2.45) is 0 Å². The third-order valence-corrected chi connectivity index (χ3v) is 2.75. The monoisotopic (exact) mass is 186 g/mol. The van der Waals surface area contributed by atoms with Crippen LogP contribution in [0.5, 0.6) is 0 Å². The van der Waals surface area contributed by atoms with Crippen molar-refractivity contribution in [1.82, 2.24) is 10.2 Å². The van der Waals surface area contributed by atoms with Gasteiger partial charge in [0.05, 0.1) is 0 Å². The number of rotatable bonds is 8. The Morgan fingerprint density at radius 3 is 2.23 bits per heavy atom. The molecule has 0 aromatic rings. The van der Waals surface area contributed by atoms with Crippen LogP contribution in [-0.2, 0) is 0 Å². The summed E-state index contributed by atoms with van der Waals surface area (Å²) in [4.78, 5) is 2.50. The Morgan fingerprint density at radius 2 is 1.77 bits per heavy atom. The van der Waals surface area contributed by atoms with E-state index < -0.39 is 0 Å². The molecule has 0 saturated heterocycles. The summed E-state index contributed by atoms with van der Waals surface area (Å²) < 4.78 is 0. The molecule has 2 nitrogen and oxygen atoms in total. The van der Waals surface area contributed by atoms with Gasteiger partial charge in [-0.3, -0.25) is 0 Å². The molecule has 0 aliphatic rings. The average Bonchev–Trinajstić information content (AvgIpc) is 2.14. The number of nitrogens with one attached hydrogen (secondary N) is 1. The molecular formula is C11H26N2. The van der Waals surface area contributed by atoms with Gasteiger partial charge in [-0.05, 0) is 52.9 Å². The van der Waals surface area contributed by atoms with E-state index in [1.54, 1.807) is 0 Å². The minimum Gasteiger partial charge on any atom is -0.320 e. The number of hydrogen-bond donors (Lipinski definition) is 1. The molecule has 80 valence electrons. The fourth-order valence-corrected chi connectivity index (χ4v) is 1.76. The second kappa shape index (κ2) is 8.52. The second-order valence-corrected chi connectivity index (χ2v) is 3.76. The highest BCUT2D eigenvalue weighted by Gasteiger charge is 2.08. The Balaban J connectivity index is 3.42. The first-order valence-electron chi connectivity index (χ1n) is 5.61. The van der Waals surface area contributed by atoms with Gasteiger partial charge in [0.25, 0.3) is 0 Å². The summed E-state index contributed by atoms with van der Waals surface area (Å²) >= 11 is 0. The molecule has 0 rings (SSSR count). The molecule has 2 heteroatoms. The third kappa shape index (κ3) is 6.05. The molecule has 0 unspecified atom stereocenters. The van der Waals surface area contributed by atoms with Crippen molar-refractivity contribution in [2.75, 3.05) is 27.2 Å². The molecule has 0 heterocycles. The van der Waals surface area contributed by atoms with E-state index >= 15 is 0 Å². The number of hydrogen-bond acceptors (Lipinski definition) is 2. The molecule has 0 fully saturated rings. The van der Waals surface area contributed by atoms with E-state index in [0.717, 1.165) is 12.6 Å². The van der Waals surface area contributed by atoms with E-state index in [2.05, 4.69) is 31.1 Å². The van der Waals surface area contributed by atoms with Crippen molar-refractivity contribution in [3.8, 4) is 0 Å². The Kier molecular flexibility index (Phi) is 8.46. The number of nitrogens with zero attached hydrogens (tertiary/aromatic N) is 1. The molecule has 0 bridgehead atoms. The predicted molar refractivity (Wildman–Crippen MR) is 60.2 cm³/mol. The van der Waals surface area contributed by atoms with E-state index in [1.807, 2.05) is 7.05 Å². The Hall–Kier alpha value is -0.0800. The summed E-state index contributed by atoms with van der Waals surface area (Å²) in [6.07, 6.45) is 5.16. The summed E-state index contributed by atoms with van der Waals surface area (Å²) in [5, 5.41) is 3.18. The zero-order chi connectivity index (χ0) is 10.1. The molecule has 0 aromatic heterocycles. The molecule has 0 aliphatic carbocycles. The highest BCUT2D eigenvalue weighted by molar-refractivity contribution is 4.64. The maximum absolute atomic E-state index is 3.18. The van der Waals surface area contributed by atoms with Crippen LogP contribution >= 0.6 is 0 Å². The van der Waals surface area contributed by atoms with Crippen LogP contribution in [0.4, 0.5) is 0 Å². The van der Waals surface area contributed by atoms with Crippen LogP contribution in [0, 0.1) is 0 Å². The van der Waals surface area contributed by atoms with Crippen LogP contribution in [0.3, 0.4) is 0 Å². The van der Waals surface area contributed by atoms with E-state index in [9.17, 15) is 0 Å². The lowest BCUT2D eigenvalue weighted by Crippen LogP contribution is -2.31. The van der Waals surface area contributed by atoms with E-state index in [-0.39, 0.29) is 0 Å². The van der Waals surface area contributed by atoms with Gasteiger partial charge in [0.15, 0.2) is 0 Å². The smallest absolute Gasteiger partial charge is 0.00869 e. The van der Waals surface area contributed by atoms with Crippen LogP contribution in [0.1, 0.15) is 39.5 Å². The van der Waals surface area contributed by atoms with Crippen LogP contribution in [0.2, 0.25) is 0 Å². The van der Waals surface area contributed by atoms with Crippen LogP contribution in [0.25, 0.3) is 0 Å². The van der Waals surface area contributed by atoms with Crippen LogP contribution in [0.15, 0.2) is 0 Å². The summed E-state index contributed by atoms with van der Waals surface area (Å²) in [5.74, 6) is 0. The Morgan fingerprint density at radius 1 is 1.15 bits per heavy atom. The lowest BCUT2D eigenvalue weighted by molar-refractivity contribution is 0.225. The SMILES string of the molecule is CCC(CC)N(C)CCCCNC. The van der Waals surface area contributed by atoms with Crippen molar-refractivity contribution in [3.05, 3.63) is 0 Å². The van der Waals surface area contributed by atoms with Gasteiger partial charge < -0.3 is 10.2 Å². The van der Waals surface area contributed by atoms with Crippen molar-refractivity contribution < 1.29 is 0 Å². The molecule has 0 spiro atoms. The predicted octanol–water partition coefficient (Wildman–Crippen LogP) is 2.11. The molecule has 0 aromatic carbocycles. The Labute approximate surface area is 83.7 Å². The zero-order valence-corrected chi connectivity index (χ0v) is 9.77. The van der Waals surface area contributed by atoms with E-state index in [0.29, 0.717) is 0 Å². The molecule has 13 heavy (non-hydrogen) atoms. The Bertz CT molecular complexity index is 100. The van der Waals surface area contributed by atoms with Gasteiger partial charge in [-0.15, -0.1) is 0 Å². The van der Waals surface area contributed by atoms with Gasteiger partial charge in [-0.2, -0.15) is 0 Å². The molecular weight excluding hydrogens is 160 g/mol. The summed E-state index contributed by atoms with van der Waals surface area (Å²) in [7, 11) is 4.27. The van der Waals surface area contributed by atoms with E-state index in [1.165, 1.54) is 32.2 Å². The normalized spacial score (nSPS) is 11.5. The second-order valence-electron chi connectivity index (χ2n) is 3.76. The summed E-state index contributed by atoms with van der Waals surface area (Å²) in [6.45, 7) is 6.95. The van der Waals surface area contributed by atoms with E-state index in [4.69, 9.17) is 0 Å². The highest BCUT2D eigenvalue weighted by atomic mass is 15.1. The van der Waals surface area contributed by atoms with Gasteiger partial charge >= 0.3 is 0 Å². The molecule has 0 aliphatic heterocycles. The molecule has 0 saturated carbocycles. The van der Waals surface area contributed by atoms with Crippen LogP contribution in [-0.4, -0.2) is 38.1 Å². The highest BCUT2D eigenvalue weighted by Crippen LogP contribution is 2.06. The average molecular weight is 186 g/mol. The van der Waals surface area contributed by atoms with Gasteiger partial charge in [0.2, 0.25) is 0 Å². The summed E-state index contributed by atoms with van der Waals surface area (Å²) in [5.41, 5.74) is 0. The zero-order valence-electron chi connectivity index (χ0n) is 9.77. The fourth-order valence-electron chi connectivity index (χ4n) is 1.76. The molecule has 0 radical (unpaired) electrons. The first-order valence-corrected chi connectivity index (χ1v) is 5.61. The third-order valence-electron chi connectivity index (χ3n) is 2.75. The molecule has 0 amide bonds. The van der Waals surface area contributed by atoms with Gasteiger partial charge in [0, 0.05) is 6.04 Å². The standard InChI is InChI=1S/C11H26N2/c1-5-11(6-2)13(4)10-8-7-9-12-3/h11-12H,5-10H2,1-4H3. The lowest BCUT2D eigenvalue weighted by Gasteiger charge is -2.25. The van der Waals surface area contributed by atoms with Gasteiger partial charge in [0.1, 0.15) is 0 Å². The minimum absolute atomic E-state index is 0.787. The van der Waals surface area contributed by atoms with Gasteiger partial charge in [-0.25, -0.2) is 0 Å². The van der Waals surface area contributed by atoms with Crippen LogP contribution < -0.4 is 5.32 Å². The first-order chi connectivity index (χ1) is 6.26. The number of unbranched alkanes of at least 4 members (excludes halogenated alkanes) is 1. The van der Waals surface area contributed by atoms with Gasteiger partial charge in [-0.1, -0.05) is 13.8 Å². The molecule has 1 N–H and O–H groups in total. The maximum Gasteiger partial charge on any atom is 0.00869 e. The largest absolute Gasteiger partial charge is 0.320 e. The quantitative estimate of drug-likeness (QED) is 0.584. The summed E-state index contributed by atoms with van der Waals surface area (Å²) in [6, 6.07) is 0.787. The minimum atomic E-state index is 0.787. The maximum atomic E-state index is 3.18. The van der Waals surface area contributed by atoms with Crippen molar-refractivity contribution in [3.63, 3.8) is 0 Å². The first kappa shape index (κ1) is 12.9. The fraction of sp³-hybridized carbons (Fsp3) is 1.00. The lowest BCUT2D eigenvalue weighted by atomic mass is 10.1. The van der Waals surface area contributed by atoms with Crippen molar-refractivity contribution in [1.29, 1.82) is 0 Å². The molecule has 0 atom stereocenters. The van der Waals surface area contributed by atoms with Crippen molar-refractivity contribution in [2.45, 2.75) is 45.6 Å². The van der Waals surface area contributed by atoms with Crippen molar-refractivity contribution >= 4 is 0 Å². The topological polar surface area (TPSA) is 15.3 Å².